The number of aryl methyl sites for hydroxylation is 3. The second-order valence-corrected chi connectivity index (χ2v) is 6.48. The molecule has 6 heteroatoms. The zero-order valence-corrected chi connectivity index (χ0v) is 13.0. The molecule has 0 radical (unpaired) electrons. The van der Waals surface area contributed by atoms with Crippen LogP contribution in [0.15, 0.2) is 39.6 Å². The highest BCUT2D eigenvalue weighted by molar-refractivity contribution is 7.90. The van der Waals surface area contributed by atoms with Crippen molar-refractivity contribution in [3.05, 3.63) is 53.0 Å². The van der Waals surface area contributed by atoms with Crippen molar-refractivity contribution in [2.24, 2.45) is 0 Å². The summed E-state index contributed by atoms with van der Waals surface area (Å²) >= 11 is 0. The SMILES string of the molecule is CCc1ccc(C(=O)NS(=O)(=O)c2ccc(C)c(C)c2)o1. The molecule has 1 N–H and O–H groups in total. The Balaban J connectivity index is 2.24. The summed E-state index contributed by atoms with van der Waals surface area (Å²) in [6.07, 6.45) is 0.636. The maximum Gasteiger partial charge on any atom is 0.300 e. The molecule has 5 nitrogen and oxygen atoms in total. The molecule has 0 aliphatic heterocycles. The number of hydrogen-bond donors (Lipinski definition) is 1. The van der Waals surface area contributed by atoms with E-state index in [4.69, 9.17) is 4.42 Å². The van der Waals surface area contributed by atoms with Gasteiger partial charge in [0, 0.05) is 6.42 Å². The second-order valence-electron chi connectivity index (χ2n) is 4.80. The molecular weight excluding hydrogens is 290 g/mol. The number of carbonyl (C=O) groups excluding carboxylic acids is 1. The predicted octanol–water partition coefficient (Wildman–Crippen LogP) is 2.58. The highest BCUT2D eigenvalue weighted by atomic mass is 32.2. The van der Waals surface area contributed by atoms with Crippen molar-refractivity contribution in [2.45, 2.75) is 32.1 Å². The van der Waals surface area contributed by atoms with Crippen LogP contribution in [0, 0.1) is 13.8 Å². The smallest absolute Gasteiger partial charge is 0.300 e. The Morgan fingerprint density at radius 2 is 1.86 bits per heavy atom. The van der Waals surface area contributed by atoms with Crippen LogP contribution in [-0.2, 0) is 16.4 Å². The molecular formula is C15H17NO4S. The van der Waals surface area contributed by atoms with Gasteiger partial charge in [-0.05, 0) is 49.2 Å². The first-order chi connectivity index (χ1) is 9.83. The largest absolute Gasteiger partial charge is 0.456 e. The lowest BCUT2D eigenvalue weighted by molar-refractivity contribution is 0.0953. The lowest BCUT2D eigenvalue weighted by atomic mass is 10.1. The molecule has 2 rings (SSSR count). The van der Waals surface area contributed by atoms with Gasteiger partial charge < -0.3 is 4.42 Å². The molecule has 0 fully saturated rings. The fraction of sp³-hybridized carbons (Fsp3) is 0.267. The maximum atomic E-state index is 12.2. The lowest BCUT2D eigenvalue weighted by Gasteiger charge is -2.07. The third kappa shape index (κ3) is 3.33. The van der Waals surface area contributed by atoms with E-state index in [2.05, 4.69) is 0 Å². The normalized spacial score (nSPS) is 11.4. The lowest BCUT2D eigenvalue weighted by Crippen LogP contribution is -2.30. The number of furan rings is 1. The zero-order chi connectivity index (χ0) is 15.6. The number of carbonyl (C=O) groups is 1. The van der Waals surface area contributed by atoms with Gasteiger partial charge in [-0.2, -0.15) is 0 Å². The number of amides is 1. The van der Waals surface area contributed by atoms with Crippen LogP contribution < -0.4 is 4.72 Å². The average Bonchev–Trinajstić information content (AvgIpc) is 2.90. The average molecular weight is 307 g/mol. The molecule has 0 saturated carbocycles. The minimum Gasteiger partial charge on any atom is -0.456 e. The summed E-state index contributed by atoms with van der Waals surface area (Å²) in [5.74, 6) is -0.157. The van der Waals surface area contributed by atoms with E-state index in [9.17, 15) is 13.2 Å². The second kappa shape index (κ2) is 5.73. The van der Waals surface area contributed by atoms with E-state index in [1.54, 1.807) is 12.1 Å². The Labute approximate surface area is 124 Å². The summed E-state index contributed by atoms with van der Waals surface area (Å²) in [4.78, 5) is 12.0. The highest BCUT2D eigenvalue weighted by Gasteiger charge is 2.21. The van der Waals surface area contributed by atoms with E-state index in [1.165, 1.54) is 18.2 Å². The first-order valence-corrected chi connectivity index (χ1v) is 8.05. The van der Waals surface area contributed by atoms with Gasteiger partial charge in [-0.15, -0.1) is 0 Å². The van der Waals surface area contributed by atoms with Gasteiger partial charge in [0.2, 0.25) is 0 Å². The van der Waals surface area contributed by atoms with Crippen molar-refractivity contribution in [2.75, 3.05) is 0 Å². The minimum absolute atomic E-state index is 0.0146. The molecule has 0 atom stereocenters. The predicted molar refractivity (Wildman–Crippen MR) is 78.7 cm³/mol. The standard InChI is InChI=1S/C15H17NO4S/c1-4-12-6-8-14(20-12)15(17)16-21(18,19)13-7-5-10(2)11(3)9-13/h5-9H,4H2,1-3H3,(H,16,17). The van der Waals surface area contributed by atoms with Gasteiger partial charge in [-0.1, -0.05) is 13.0 Å². The molecule has 0 spiro atoms. The molecule has 21 heavy (non-hydrogen) atoms. The Kier molecular flexibility index (Phi) is 4.18. The molecule has 0 aliphatic rings. The van der Waals surface area contributed by atoms with Crippen molar-refractivity contribution in [3.63, 3.8) is 0 Å². The van der Waals surface area contributed by atoms with E-state index < -0.39 is 15.9 Å². The van der Waals surface area contributed by atoms with E-state index >= 15 is 0 Å². The Morgan fingerprint density at radius 1 is 1.14 bits per heavy atom. The van der Waals surface area contributed by atoms with Crippen LogP contribution in [0.3, 0.4) is 0 Å². The van der Waals surface area contributed by atoms with Gasteiger partial charge in [0.15, 0.2) is 5.76 Å². The molecule has 0 unspecified atom stereocenters. The van der Waals surface area contributed by atoms with Gasteiger partial charge in [0.25, 0.3) is 10.0 Å². The summed E-state index contributed by atoms with van der Waals surface area (Å²) in [7, 11) is -3.90. The fourth-order valence-electron chi connectivity index (χ4n) is 1.80. The van der Waals surface area contributed by atoms with E-state index in [-0.39, 0.29) is 10.7 Å². The summed E-state index contributed by atoms with van der Waals surface area (Å²) in [5, 5.41) is 0. The van der Waals surface area contributed by atoms with Crippen molar-refractivity contribution in [1.82, 2.24) is 4.72 Å². The van der Waals surface area contributed by atoms with Crippen LogP contribution in [0.5, 0.6) is 0 Å². The third-order valence-electron chi connectivity index (χ3n) is 3.25. The van der Waals surface area contributed by atoms with Gasteiger partial charge in [-0.3, -0.25) is 4.79 Å². The van der Waals surface area contributed by atoms with Crippen LogP contribution in [-0.4, -0.2) is 14.3 Å². The van der Waals surface area contributed by atoms with Gasteiger partial charge >= 0.3 is 5.91 Å². The molecule has 1 amide bonds. The number of rotatable bonds is 4. The van der Waals surface area contributed by atoms with Crippen molar-refractivity contribution in [1.29, 1.82) is 0 Å². The zero-order valence-electron chi connectivity index (χ0n) is 12.1. The van der Waals surface area contributed by atoms with Gasteiger partial charge in [0.05, 0.1) is 4.90 Å². The van der Waals surface area contributed by atoms with E-state index in [0.29, 0.717) is 12.2 Å². The summed E-state index contributed by atoms with van der Waals surface area (Å²) < 4.78 is 31.6. The summed E-state index contributed by atoms with van der Waals surface area (Å²) in [6.45, 7) is 5.59. The van der Waals surface area contributed by atoms with E-state index in [1.807, 2.05) is 25.5 Å². The monoisotopic (exact) mass is 307 g/mol. The Hall–Kier alpha value is -2.08. The molecule has 2 aromatic rings. The van der Waals surface area contributed by atoms with Crippen LogP contribution in [0.1, 0.15) is 34.4 Å². The van der Waals surface area contributed by atoms with Gasteiger partial charge in [0.1, 0.15) is 5.76 Å². The van der Waals surface area contributed by atoms with Crippen molar-refractivity contribution in [3.8, 4) is 0 Å². The molecule has 1 aromatic carbocycles. The quantitative estimate of drug-likeness (QED) is 0.942. The van der Waals surface area contributed by atoms with Crippen molar-refractivity contribution >= 4 is 15.9 Å². The molecule has 0 bridgehead atoms. The first-order valence-electron chi connectivity index (χ1n) is 6.56. The minimum atomic E-state index is -3.90. The van der Waals surface area contributed by atoms with E-state index in [0.717, 1.165) is 11.1 Å². The van der Waals surface area contributed by atoms with Gasteiger partial charge in [-0.25, -0.2) is 13.1 Å². The first kappa shape index (κ1) is 15.3. The number of nitrogens with one attached hydrogen (secondary N) is 1. The number of sulfonamides is 1. The number of hydrogen-bond acceptors (Lipinski definition) is 4. The molecule has 0 saturated heterocycles. The third-order valence-corrected chi connectivity index (χ3v) is 4.58. The number of benzene rings is 1. The summed E-state index contributed by atoms with van der Waals surface area (Å²) in [5.41, 5.74) is 1.83. The van der Waals surface area contributed by atoms with Crippen LogP contribution in [0.4, 0.5) is 0 Å². The Bertz CT molecular complexity index is 775. The maximum absolute atomic E-state index is 12.2. The molecule has 1 aromatic heterocycles. The Morgan fingerprint density at radius 3 is 2.43 bits per heavy atom. The van der Waals surface area contributed by atoms with Crippen molar-refractivity contribution < 1.29 is 17.6 Å². The van der Waals surface area contributed by atoms with Crippen LogP contribution in [0.2, 0.25) is 0 Å². The molecule has 0 aliphatic carbocycles. The molecule has 112 valence electrons. The van der Waals surface area contributed by atoms with Crippen LogP contribution in [0.25, 0.3) is 0 Å². The highest BCUT2D eigenvalue weighted by Crippen LogP contribution is 2.15. The summed E-state index contributed by atoms with van der Waals surface area (Å²) in [6, 6.07) is 7.82. The fourth-order valence-corrected chi connectivity index (χ4v) is 2.84. The van der Waals surface area contributed by atoms with Crippen LogP contribution >= 0.6 is 0 Å². The topological polar surface area (TPSA) is 76.4 Å². The molecule has 1 heterocycles.